The van der Waals surface area contributed by atoms with Gasteiger partial charge in [-0.1, -0.05) is 0 Å². The van der Waals surface area contributed by atoms with E-state index in [0.29, 0.717) is 19.7 Å². The molecule has 122 valence electrons. The number of nitrogens with zero attached hydrogens (tertiary/aromatic N) is 2. The van der Waals surface area contributed by atoms with Gasteiger partial charge in [0.25, 0.3) is 0 Å². The number of esters is 1. The first-order valence-corrected chi connectivity index (χ1v) is 8.53. The fourth-order valence-corrected chi connectivity index (χ4v) is 3.31. The van der Waals surface area contributed by atoms with Gasteiger partial charge >= 0.3 is 5.97 Å². The molecule has 2 heterocycles. The number of carbonyl (C=O) groups is 2. The van der Waals surface area contributed by atoms with Crippen molar-refractivity contribution in [1.82, 2.24) is 9.88 Å². The van der Waals surface area contributed by atoms with Gasteiger partial charge in [-0.05, 0) is 26.7 Å². The normalized spacial score (nSPS) is 19.8. The molecule has 2 unspecified atom stereocenters. The Labute approximate surface area is 134 Å². The van der Waals surface area contributed by atoms with Gasteiger partial charge < -0.3 is 15.4 Å². The second-order valence-electron chi connectivity index (χ2n) is 5.57. The summed E-state index contributed by atoms with van der Waals surface area (Å²) in [5, 5.41) is 2.72. The predicted octanol–water partition coefficient (Wildman–Crippen LogP) is 1.51. The minimum Gasteiger partial charge on any atom is -0.466 e. The first-order chi connectivity index (χ1) is 10.5. The molecular weight excluding hydrogens is 302 g/mol. The van der Waals surface area contributed by atoms with Crippen LogP contribution in [0.3, 0.4) is 0 Å². The van der Waals surface area contributed by atoms with Crippen molar-refractivity contribution in [3.05, 3.63) is 16.1 Å². The molecule has 1 aromatic heterocycles. The third-order valence-electron chi connectivity index (χ3n) is 3.69. The molecule has 0 aliphatic carbocycles. The van der Waals surface area contributed by atoms with Gasteiger partial charge in [-0.15, -0.1) is 11.3 Å². The lowest BCUT2D eigenvalue weighted by Crippen LogP contribution is -2.43. The molecule has 1 aromatic rings. The van der Waals surface area contributed by atoms with Crippen molar-refractivity contribution in [2.75, 3.05) is 19.7 Å². The number of amides is 1. The average molecular weight is 325 g/mol. The van der Waals surface area contributed by atoms with Crippen LogP contribution in [-0.4, -0.2) is 41.5 Å². The van der Waals surface area contributed by atoms with E-state index in [9.17, 15) is 9.59 Å². The lowest BCUT2D eigenvalue weighted by atomic mass is 9.98. The number of carbonyl (C=O) groups excluding carboxylic acids is 2. The van der Waals surface area contributed by atoms with E-state index in [-0.39, 0.29) is 30.3 Å². The number of aromatic nitrogens is 1. The zero-order valence-electron chi connectivity index (χ0n) is 13.1. The third kappa shape index (κ3) is 4.27. The summed E-state index contributed by atoms with van der Waals surface area (Å²) in [5.74, 6) is -0.392. The standard InChI is InChI=1S/C15H23N3O3S/c1-3-21-15(20)11-5-4-6-18(8-11)13(19)7-12-9-22-14(17-12)10(2)16/h9-11H,3-8,16H2,1-2H3. The summed E-state index contributed by atoms with van der Waals surface area (Å²) in [5.41, 5.74) is 6.53. The van der Waals surface area contributed by atoms with Gasteiger partial charge in [0, 0.05) is 18.5 Å². The van der Waals surface area contributed by atoms with Crippen molar-refractivity contribution in [1.29, 1.82) is 0 Å². The van der Waals surface area contributed by atoms with Crippen LogP contribution in [0.1, 0.15) is 43.4 Å². The highest BCUT2D eigenvalue weighted by molar-refractivity contribution is 7.09. The highest BCUT2D eigenvalue weighted by Gasteiger charge is 2.29. The number of nitrogens with two attached hydrogens (primary N) is 1. The van der Waals surface area contributed by atoms with E-state index in [1.165, 1.54) is 11.3 Å². The maximum absolute atomic E-state index is 12.4. The van der Waals surface area contributed by atoms with Crippen LogP contribution in [-0.2, 0) is 20.7 Å². The zero-order chi connectivity index (χ0) is 16.1. The molecule has 1 fully saturated rings. The van der Waals surface area contributed by atoms with Crippen molar-refractivity contribution < 1.29 is 14.3 Å². The molecule has 1 aliphatic rings. The van der Waals surface area contributed by atoms with E-state index in [0.717, 1.165) is 23.5 Å². The molecule has 2 rings (SSSR count). The Bertz CT molecular complexity index is 530. The Kier molecular flexibility index (Phi) is 5.90. The molecule has 0 aromatic carbocycles. The maximum Gasteiger partial charge on any atom is 0.310 e. The number of hydrogen-bond acceptors (Lipinski definition) is 6. The molecular formula is C15H23N3O3S. The van der Waals surface area contributed by atoms with E-state index >= 15 is 0 Å². The van der Waals surface area contributed by atoms with Crippen LogP contribution in [0.15, 0.2) is 5.38 Å². The summed E-state index contributed by atoms with van der Waals surface area (Å²) in [7, 11) is 0. The Balaban J connectivity index is 1.92. The van der Waals surface area contributed by atoms with Gasteiger partial charge in [-0.25, -0.2) is 4.98 Å². The fraction of sp³-hybridized carbons (Fsp3) is 0.667. The molecule has 2 atom stereocenters. The molecule has 0 radical (unpaired) electrons. The minimum atomic E-state index is -0.201. The Morgan fingerprint density at radius 1 is 1.59 bits per heavy atom. The number of thiazole rings is 1. The summed E-state index contributed by atoms with van der Waals surface area (Å²) in [4.78, 5) is 30.3. The van der Waals surface area contributed by atoms with Crippen molar-refractivity contribution in [3.8, 4) is 0 Å². The fourth-order valence-electron chi connectivity index (χ4n) is 2.54. The van der Waals surface area contributed by atoms with Crippen LogP contribution in [0.4, 0.5) is 0 Å². The van der Waals surface area contributed by atoms with Crippen LogP contribution in [0.5, 0.6) is 0 Å². The lowest BCUT2D eigenvalue weighted by Gasteiger charge is -2.31. The first kappa shape index (κ1) is 16.9. The van der Waals surface area contributed by atoms with Crippen LogP contribution >= 0.6 is 11.3 Å². The summed E-state index contributed by atoms with van der Waals surface area (Å²) in [6.07, 6.45) is 1.88. The van der Waals surface area contributed by atoms with Crippen molar-refractivity contribution in [3.63, 3.8) is 0 Å². The molecule has 1 saturated heterocycles. The van der Waals surface area contributed by atoms with Crippen molar-refractivity contribution >= 4 is 23.2 Å². The highest BCUT2D eigenvalue weighted by Crippen LogP contribution is 2.20. The summed E-state index contributed by atoms with van der Waals surface area (Å²) >= 11 is 1.48. The summed E-state index contributed by atoms with van der Waals surface area (Å²) in [6.45, 7) is 5.18. The Morgan fingerprint density at radius 2 is 2.36 bits per heavy atom. The van der Waals surface area contributed by atoms with Crippen LogP contribution in [0.25, 0.3) is 0 Å². The van der Waals surface area contributed by atoms with Gasteiger partial charge in [-0.3, -0.25) is 9.59 Å². The van der Waals surface area contributed by atoms with Crippen molar-refractivity contribution in [2.45, 2.75) is 39.2 Å². The van der Waals surface area contributed by atoms with Gasteiger partial charge in [0.15, 0.2) is 0 Å². The Hall–Kier alpha value is -1.47. The largest absolute Gasteiger partial charge is 0.466 e. The second kappa shape index (κ2) is 7.69. The summed E-state index contributed by atoms with van der Waals surface area (Å²) < 4.78 is 5.06. The van der Waals surface area contributed by atoms with Crippen LogP contribution in [0.2, 0.25) is 0 Å². The highest BCUT2D eigenvalue weighted by atomic mass is 32.1. The number of piperidine rings is 1. The second-order valence-corrected chi connectivity index (χ2v) is 6.46. The van der Waals surface area contributed by atoms with E-state index in [1.54, 1.807) is 11.8 Å². The predicted molar refractivity (Wildman–Crippen MR) is 84.4 cm³/mol. The summed E-state index contributed by atoms with van der Waals surface area (Å²) in [6, 6.07) is -0.114. The first-order valence-electron chi connectivity index (χ1n) is 7.65. The van der Waals surface area contributed by atoms with Crippen LogP contribution < -0.4 is 5.73 Å². The van der Waals surface area contributed by atoms with Gasteiger partial charge in [0.1, 0.15) is 5.01 Å². The van der Waals surface area contributed by atoms with E-state index in [4.69, 9.17) is 10.5 Å². The molecule has 0 spiro atoms. The third-order valence-corrected chi connectivity index (χ3v) is 4.78. The van der Waals surface area contributed by atoms with Gasteiger partial charge in [-0.2, -0.15) is 0 Å². The molecule has 1 amide bonds. The molecule has 2 N–H and O–H groups in total. The zero-order valence-corrected chi connectivity index (χ0v) is 13.9. The smallest absolute Gasteiger partial charge is 0.310 e. The molecule has 0 saturated carbocycles. The molecule has 7 heteroatoms. The van der Waals surface area contributed by atoms with E-state index in [1.807, 2.05) is 12.3 Å². The minimum absolute atomic E-state index is 0.00974. The number of hydrogen-bond donors (Lipinski definition) is 1. The van der Waals surface area contributed by atoms with Gasteiger partial charge in [0.2, 0.25) is 5.91 Å². The lowest BCUT2D eigenvalue weighted by molar-refractivity contribution is -0.151. The molecule has 1 aliphatic heterocycles. The number of ether oxygens (including phenoxy) is 1. The maximum atomic E-state index is 12.4. The average Bonchev–Trinajstić information content (AvgIpc) is 2.96. The van der Waals surface area contributed by atoms with Gasteiger partial charge in [0.05, 0.1) is 30.7 Å². The molecule has 22 heavy (non-hydrogen) atoms. The molecule has 0 bridgehead atoms. The monoisotopic (exact) mass is 325 g/mol. The van der Waals surface area contributed by atoms with Crippen molar-refractivity contribution in [2.24, 2.45) is 11.7 Å². The topological polar surface area (TPSA) is 85.5 Å². The SMILES string of the molecule is CCOC(=O)C1CCCN(C(=O)Cc2csc(C(C)N)n2)C1. The Morgan fingerprint density at radius 3 is 3.00 bits per heavy atom. The van der Waals surface area contributed by atoms with E-state index in [2.05, 4.69) is 4.98 Å². The number of rotatable bonds is 5. The van der Waals surface area contributed by atoms with E-state index < -0.39 is 0 Å². The quantitative estimate of drug-likeness (QED) is 0.829. The van der Waals surface area contributed by atoms with Crippen LogP contribution in [0, 0.1) is 5.92 Å². The molecule has 6 nitrogen and oxygen atoms in total. The number of likely N-dealkylation sites (tertiary alicyclic amines) is 1.